The Bertz CT molecular complexity index is 350. The van der Waals surface area contributed by atoms with E-state index in [-0.39, 0.29) is 12.4 Å². The zero-order valence-corrected chi connectivity index (χ0v) is 7.10. The van der Waals surface area contributed by atoms with Crippen molar-refractivity contribution in [1.82, 2.24) is 0 Å². The van der Waals surface area contributed by atoms with Crippen LogP contribution in [0.25, 0.3) is 0 Å². The average Bonchev–Trinajstić information content (AvgIpc) is 2.11. The number of benzene rings is 1. The van der Waals surface area contributed by atoms with E-state index in [1.54, 1.807) is 6.92 Å². The van der Waals surface area contributed by atoms with Gasteiger partial charge in [-0.1, -0.05) is 5.92 Å². The molecule has 0 saturated heterocycles. The number of hydrogen-bond donors (Lipinski definition) is 0. The molecule has 0 saturated carbocycles. The Labute approximate surface area is 75.3 Å². The number of ether oxygens (including phenoxy) is 1. The van der Waals surface area contributed by atoms with Crippen LogP contribution in [0.15, 0.2) is 18.2 Å². The van der Waals surface area contributed by atoms with Crippen molar-refractivity contribution >= 4 is 0 Å². The minimum Gasteiger partial charge on any atom is -0.478 e. The standard InChI is InChI=1S/C10H8F2O/c1-2-3-6-13-10-7-8(11)4-5-9(10)12/h4-5,7H,6H2,1H3. The summed E-state index contributed by atoms with van der Waals surface area (Å²) in [7, 11) is 0. The molecule has 0 aliphatic rings. The molecule has 1 nitrogen and oxygen atoms in total. The van der Waals surface area contributed by atoms with E-state index < -0.39 is 11.6 Å². The summed E-state index contributed by atoms with van der Waals surface area (Å²) < 4.78 is 30.3. The molecule has 68 valence electrons. The minimum atomic E-state index is -0.584. The molecule has 0 aliphatic heterocycles. The van der Waals surface area contributed by atoms with Gasteiger partial charge in [-0.05, 0) is 19.1 Å². The molecule has 0 atom stereocenters. The van der Waals surface area contributed by atoms with Crippen LogP contribution >= 0.6 is 0 Å². The molecule has 1 aromatic carbocycles. The van der Waals surface area contributed by atoms with Gasteiger partial charge in [0.2, 0.25) is 0 Å². The maximum absolute atomic E-state index is 12.9. The zero-order chi connectivity index (χ0) is 9.68. The lowest BCUT2D eigenvalue weighted by Crippen LogP contribution is -1.96. The van der Waals surface area contributed by atoms with Gasteiger partial charge in [-0.2, -0.15) is 0 Å². The van der Waals surface area contributed by atoms with Crippen LogP contribution in [-0.4, -0.2) is 6.61 Å². The van der Waals surface area contributed by atoms with Crippen LogP contribution in [0.2, 0.25) is 0 Å². The second kappa shape index (κ2) is 4.46. The van der Waals surface area contributed by atoms with Crippen LogP contribution in [0.3, 0.4) is 0 Å². The maximum Gasteiger partial charge on any atom is 0.165 e. The van der Waals surface area contributed by atoms with Crippen LogP contribution in [-0.2, 0) is 0 Å². The van der Waals surface area contributed by atoms with E-state index in [1.807, 2.05) is 0 Å². The summed E-state index contributed by atoms with van der Waals surface area (Å²) in [5, 5.41) is 0. The molecule has 3 heteroatoms. The van der Waals surface area contributed by atoms with Crippen LogP contribution in [0.5, 0.6) is 5.75 Å². The normalized spacial score (nSPS) is 8.85. The topological polar surface area (TPSA) is 9.23 Å². The third kappa shape index (κ3) is 2.75. The fraction of sp³-hybridized carbons (Fsp3) is 0.200. The fourth-order valence-electron chi connectivity index (χ4n) is 0.774. The Hall–Kier alpha value is -1.56. The van der Waals surface area contributed by atoms with E-state index >= 15 is 0 Å². The van der Waals surface area contributed by atoms with Gasteiger partial charge in [0.15, 0.2) is 11.6 Å². The Morgan fingerprint density at radius 3 is 2.85 bits per heavy atom. The number of halogens is 2. The van der Waals surface area contributed by atoms with Gasteiger partial charge in [0.1, 0.15) is 12.4 Å². The predicted octanol–water partition coefficient (Wildman–Crippen LogP) is 2.37. The van der Waals surface area contributed by atoms with Crippen LogP contribution in [0.1, 0.15) is 6.92 Å². The first-order chi connectivity index (χ1) is 6.24. The predicted molar refractivity (Wildman–Crippen MR) is 45.3 cm³/mol. The average molecular weight is 182 g/mol. The monoisotopic (exact) mass is 182 g/mol. The molecule has 0 radical (unpaired) electrons. The van der Waals surface area contributed by atoms with Crippen molar-refractivity contribution in [3.63, 3.8) is 0 Å². The van der Waals surface area contributed by atoms with Gasteiger partial charge in [-0.25, -0.2) is 8.78 Å². The molecule has 1 aromatic rings. The maximum atomic E-state index is 12.9. The second-order valence-corrected chi connectivity index (χ2v) is 2.29. The second-order valence-electron chi connectivity index (χ2n) is 2.29. The minimum absolute atomic E-state index is 0.0663. The van der Waals surface area contributed by atoms with Crippen molar-refractivity contribution in [2.45, 2.75) is 6.92 Å². The Morgan fingerprint density at radius 1 is 1.38 bits per heavy atom. The van der Waals surface area contributed by atoms with E-state index in [9.17, 15) is 8.78 Å². The molecule has 0 N–H and O–H groups in total. The van der Waals surface area contributed by atoms with Crippen molar-refractivity contribution in [1.29, 1.82) is 0 Å². The Kier molecular flexibility index (Phi) is 3.27. The van der Waals surface area contributed by atoms with Crippen molar-refractivity contribution in [2.24, 2.45) is 0 Å². The molecule has 0 unspecified atom stereocenters. The lowest BCUT2D eigenvalue weighted by Gasteiger charge is -2.02. The first-order valence-electron chi connectivity index (χ1n) is 3.71. The number of rotatable bonds is 2. The molecule has 0 aromatic heterocycles. The highest BCUT2D eigenvalue weighted by atomic mass is 19.1. The van der Waals surface area contributed by atoms with Gasteiger partial charge in [-0.15, -0.1) is 5.92 Å². The van der Waals surface area contributed by atoms with E-state index in [2.05, 4.69) is 11.8 Å². The summed E-state index contributed by atoms with van der Waals surface area (Å²) in [6.45, 7) is 1.71. The smallest absolute Gasteiger partial charge is 0.165 e. The van der Waals surface area contributed by atoms with Gasteiger partial charge in [0, 0.05) is 6.07 Å². The molecule has 0 spiro atoms. The Morgan fingerprint density at radius 2 is 2.15 bits per heavy atom. The third-order valence-corrected chi connectivity index (χ3v) is 1.37. The zero-order valence-electron chi connectivity index (χ0n) is 7.10. The molecule has 13 heavy (non-hydrogen) atoms. The SMILES string of the molecule is CC#CCOc1cc(F)ccc1F. The van der Waals surface area contributed by atoms with Crippen molar-refractivity contribution in [2.75, 3.05) is 6.61 Å². The first kappa shape index (κ1) is 9.53. The molecule has 0 amide bonds. The number of hydrogen-bond acceptors (Lipinski definition) is 1. The highest BCUT2D eigenvalue weighted by Gasteiger charge is 2.03. The van der Waals surface area contributed by atoms with Crippen LogP contribution in [0, 0.1) is 23.5 Å². The molecule has 0 fully saturated rings. The lowest BCUT2D eigenvalue weighted by molar-refractivity contribution is 0.345. The summed E-state index contributed by atoms with van der Waals surface area (Å²) in [5.41, 5.74) is 0. The summed E-state index contributed by atoms with van der Waals surface area (Å²) in [6.07, 6.45) is 0. The van der Waals surface area contributed by atoms with Gasteiger partial charge < -0.3 is 4.74 Å². The highest BCUT2D eigenvalue weighted by molar-refractivity contribution is 5.25. The van der Waals surface area contributed by atoms with Gasteiger partial charge >= 0.3 is 0 Å². The van der Waals surface area contributed by atoms with E-state index in [1.165, 1.54) is 0 Å². The van der Waals surface area contributed by atoms with E-state index in [4.69, 9.17) is 4.74 Å². The molecule has 0 heterocycles. The van der Waals surface area contributed by atoms with Crippen molar-refractivity contribution in [3.8, 4) is 17.6 Å². The summed E-state index contributed by atoms with van der Waals surface area (Å²) in [6, 6.07) is 3.05. The van der Waals surface area contributed by atoms with Gasteiger partial charge in [-0.3, -0.25) is 0 Å². The quantitative estimate of drug-likeness (QED) is 0.638. The van der Waals surface area contributed by atoms with Crippen LogP contribution < -0.4 is 4.74 Å². The summed E-state index contributed by atoms with van der Waals surface area (Å²) >= 11 is 0. The van der Waals surface area contributed by atoms with E-state index in [0.717, 1.165) is 18.2 Å². The molecular formula is C10H8F2O. The van der Waals surface area contributed by atoms with Crippen LogP contribution in [0.4, 0.5) is 8.78 Å². The molecule has 0 bridgehead atoms. The molecule has 0 aliphatic carbocycles. The largest absolute Gasteiger partial charge is 0.478 e. The summed E-state index contributed by atoms with van der Waals surface area (Å²) in [5.74, 6) is 3.94. The fourth-order valence-corrected chi connectivity index (χ4v) is 0.774. The van der Waals surface area contributed by atoms with Gasteiger partial charge in [0.25, 0.3) is 0 Å². The van der Waals surface area contributed by atoms with Gasteiger partial charge in [0.05, 0.1) is 0 Å². The first-order valence-corrected chi connectivity index (χ1v) is 3.71. The van der Waals surface area contributed by atoms with Crippen molar-refractivity contribution in [3.05, 3.63) is 29.8 Å². The summed E-state index contributed by atoms with van der Waals surface area (Å²) in [4.78, 5) is 0. The van der Waals surface area contributed by atoms with E-state index in [0.29, 0.717) is 0 Å². The highest BCUT2D eigenvalue weighted by Crippen LogP contribution is 2.17. The van der Waals surface area contributed by atoms with Crippen molar-refractivity contribution < 1.29 is 13.5 Å². The lowest BCUT2D eigenvalue weighted by atomic mass is 10.3. The Balaban J connectivity index is 2.73. The molecular weight excluding hydrogens is 174 g/mol. The molecule has 1 rings (SSSR count). The third-order valence-electron chi connectivity index (χ3n) is 1.37.